The summed E-state index contributed by atoms with van der Waals surface area (Å²) in [7, 11) is 1.68. The van der Waals surface area contributed by atoms with Crippen LogP contribution in [0.1, 0.15) is 79.4 Å². The molecule has 0 radical (unpaired) electrons. The summed E-state index contributed by atoms with van der Waals surface area (Å²) in [6, 6.07) is 23.1. The number of fused-ring (bicyclic) bond motifs is 6. The molecule has 4 heterocycles. The first-order valence-electron chi connectivity index (χ1n) is 23.8. The lowest BCUT2D eigenvalue weighted by molar-refractivity contribution is -0.145. The van der Waals surface area contributed by atoms with E-state index < -0.39 is 36.3 Å². The minimum atomic E-state index is -1.06. The van der Waals surface area contributed by atoms with Crippen molar-refractivity contribution in [3.8, 4) is 63.2 Å². The number of phenolic OH excluding ortho intramolecular Hbond substituents is 3. The van der Waals surface area contributed by atoms with Gasteiger partial charge in [0.2, 0.25) is 0 Å². The molecule has 7 N–H and O–H groups in total. The first kappa shape index (κ1) is 45.1. The lowest BCUT2D eigenvalue weighted by Gasteiger charge is -2.48. The summed E-state index contributed by atoms with van der Waals surface area (Å²) in [6.45, 7) is 1.80. The molecule has 1 aliphatic carbocycles. The minimum absolute atomic E-state index is 0.0405. The van der Waals surface area contributed by atoms with Gasteiger partial charge in [0, 0.05) is 85.3 Å². The molecule has 8 atom stereocenters. The van der Waals surface area contributed by atoms with Crippen LogP contribution >= 0.6 is 0 Å². The van der Waals surface area contributed by atoms with E-state index >= 15 is 0 Å². The summed E-state index contributed by atoms with van der Waals surface area (Å²) >= 11 is 0. The quantitative estimate of drug-likeness (QED) is 0.0486. The number of nitrogens with one attached hydrogen (secondary N) is 2. The predicted molar refractivity (Wildman–Crippen MR) is 252 cm³/mol. The van der Waals surface area contributed by atoms with Crippen molar-refractivity contribution in [2.24, 2.45) is 17.8 Å². The molecule has 0 spiro atoms. The van der Waals surface area contributed by atoms with Gasteiger partial charge in [-0.2, -0.15) is 0 Å². The second-order valence-electron chi connectivity index (χ2n) is 18.6. The van der Waals surface area contributed by atoms with E-state index in [0.717, 1.165) is 58.9 Å². The van der Waals surface area contributed by atoms with E-state index in [2.05, 4.69) is 22.5 Å². The highest BCUT2D eigenvalue weighted by Gasteiger charge is 2.50. The largest absolute Gasteiger partial charge is 0.508 e. The molecular formula is C54H60N2O11. The molecule has 0 aromatic heterocycles. The molecule has 13 heteroatoms. The Labute approximate surface area is 390 Å². The molecule has 352 valence electrons. The third kappa shape index (κ3) is 9.31. The Bertz CT molecular complexity index is 2640. The van der Waals surface area contributed by atoms with Crippen molar-refractivity contribution in [3.05, 3.63) is 101 Å². The van der Waals surface area contributed by atoms with Crippen LogP contribution in [-0.4, -0.2) is 96.6 Å². The van der Waals surface area contributed by atoms with E-state index in [9.17, 15) is 25.5 Å². The average molecular weight is 913 g/mol. The van der Waals surface area contributed by atoms with Crippen LogP contribution in [0.4, 0.5) is 0 Å². The van der Waals surface area contributed by atoms with Gasteiger partial charge in [0.15, 0.2) is 0 Å². The van der Waals surface area contributed by atoms with Gasteiger partial charge in [-0.1, -0.05) is 30.0 Å². The SMILES string of the molecule is COCCC[C@@H]1Oc2c3cc(c4cc(O)ccc24)OCC#C[C@@H]2CNCN[C@@H]2[C@H](CCO)O[C@@H]3[C@@H]1[C@H]1COc2c(Cc3cc(O)ccc3-c3cccc(O)c3)cc(OC3CCCC3)cc2[C@H]1O. The Morgan fingerprint density at radius 3 is 2.49 bits per heavy atom. The molecule has 4 aliphatic heterocycles. The van der Waals surface area contributed by atoms with Gasteiger partial charge in [0.05, 0.1) is 36.9 Å². The second-order valence-corrected chi connectivity index (χ2v) is 18.6. The van der Waals surface area contributed by atoms with Gasteiger partial charge in [-0.3, -0.25) is 5.32 Å². The Balaban J connectivity index is 1.11. The second kappa shape index (κ2) is 19.9. The molecule has 2 bridgehead atoms. The number of methoxy groups -OCH3 is 1. The van der Waals surface area contributed by atoms with Gasteiger partial charge in [-0.15, -0.1) is 0 Å². The zero-order valence-electron chi connectivity index (χ0n) is 37.8. The number of ether oxygens (including phenoxy) is 6. The van der Waals surface area contributed by atoms with Crippen molar-refractivity contribution >= 4 is 10.8 Å². The van der Waals surface area contributed by atoms with E-state index in [0.29, 0.717) is 79.5 Å². The minimum Gasteiger partial charge on any atom is -0.508 e. The van der Waals surface area contributed by atoms with Gasteiger partial charge in [0.1, 0.15) is 53.0 Å². The summed E-state index contributed by atoms with van der Waals surface area (Å²) in [4.78, 5) is 0. The Kier molecular flexibility index (Phi) is 13.4. The van der Waals surface area contributed by atoms with Crippen LogP contribution < -0.4 is 29.6 Å². The lowest BCUT2D eigenvalue weighted by Crippen LogP contribution is -2.58. The fraction of sp³-hybridized carbons (Fsp3) is 0.444. The van der Waals surface area contributed by atoms with Crippen LogP contribution in [0.5, 0.6) is 40.2 Å². The number of rotatable bonds is 12. The van der Waals surface area contributed by atoms with E-state index in [-0.39, 0.29) is 55.1 Å². The van der Waals surface area contributed by atoms with Crippen LogP contribution in [0.3, 0.4) is 0 Å². The molecule has 0 amide bonds. The molecule has 10 rings (SSSR count). The van der Waals surface area contributed by atoms with Crippen molar-refractivity contribution in [2.45, 2.75) is 87.9 Å². The van der Waals surface area contributed by atoms with E-state index in [1.54, 1.807) is 49.6 Å². The van der Waals surface area contributed by atoms with E-state index in [4.69, 9.17) is 28.4 Å². The van der Waals surface area contributed by atoms with Gasteiger partial charge in [-0.05, 0) is 122 Å². The summed E-state index contributed by atoms with van der Waals surface area (Å²) in [5.74, 6) is 8.09. The number of hydrogen-bond donors (Lipinski definition) is 7. The normalized spacial score (nSPS) is 25.8. The first-order chi connectivity index (χ1) is 32.8. The molecule has 5 aromatic carbocycles. The maximum atomic E-state index is 13.1. The van der Waals surface area contributed by atoms with Crippen LogP contribution in [0.25, 0.3) is 21.9 Å². The number of aliphatic hydroxyl groups is 2. The number of aromatic hydroxyl groups is 3. The number of benzene rings is 5. The van der Waals surface area contributed by atoms with Crippen LogP contribution in [-0.2, 0) is 15.9 Å². The smallest absolute Gasteiger partial charge is 0.149 e. The Morgan fingerprint density at radius 2 is 1.66 bits per heavy atom. The molecule has 0 unspecified atom stereocenters. The van der Waals surface area contributed by atoms with Gasteiger partial charge < -0.3 is 59.3 Å². The molecule has 1 saturated carbocycles. The number of phenols is 3. The zero-order valence-corrected chi connectivity index (χ0v) is 37.8. The summed E-state index contributed by atoms with van der Waals surface area (Å²) in [6.07, 6.45) is 3.29. The number of aliphatic hydroxyl groups excluding tert-OH is 2. The fourth-order valence-electron chi connectivity index (χ4n) is 11.2. The highest BCUT2D eigenvalue weighted by Crippen LogP contribution is 2.55. The van der Waals surface area contributed by atoms with Gasteiger partial charge in [0.25, 0.3) is 0 Å². The van der Waals surface area contributed by atoms with Gasteiger partial charge >= 0.3 is 0 Å². The molecule has 5 aliphatic rings. The Morgan fingerprint density at radius 1 is 0.821 bits per heavy atom. The monoisotopic (exact) mass is 912 g/mol. The van der Waals surface area contributed by atoms with Crippen LogP contribution in [0.2, 0.25) is 0 Å². The summed E-state index contributed by atoms with van der Waals surface area (Å²) < 4.78 is 40.4. The van der Waals surface area contributed by atoms with Crippen molar-refractivity contribution in [2.75, 3.05) is 46.8 Å². The topological polar surface area (TPSA) is 181 Å². The molecule has 2 fully saturated rings. The molecule has 13 nitrogen and oxygen atoms in total. The van der Waals surface area contributed by atoms with Gasteiger partial charge in [-0.25, -0.2) is 0 Å². The number of hydrogen-bond acceptors (Lipinski definition) is 13. The third-order valence-corrected chi connectivity index (χ3v) is 14.3. The maximum absolute atomic E-state index is 13.1. The molecular weight excluding hydrogens is 853 g/mol. The molecule has 67 heavy (non-hydrogen) atoms. The first-order valence-corrected chi connectivity index (χ1v) is 23.8. The average Bonchev–Trinajstić information content (AvgIpc) is 3.84. The highest BCUT2D eigenvalue weighted by atomic mass is 16.5. The van der Waals surface area contributed by atoms with Crippen LogP contribution in [0.15, 0.2) is 78.9 Å². The van der Waals surface area contributed by atoms with Crippen molar-refractivity contribution in [1.82, 2.24) is 10.6 Å². The van der Waals surface area contributed by atoms with E-state index in [1.165, 1.54) is 0 Å². The highest BCUT2D eigenvalue weighted by molar-refractivity contribution is 5.96. The van der Waals surface area contributed by atoms with Crippen molar-refractivity contribution in [1.29, 1.82) is 0 Å². The van der Waals surface area contributed by atoms with Crippen molar-refractivity contribution in [3.63, 3.8) is 0 Å². The zero-order chi connectivity index (χ0) is 46.0. The summed E-state index contributed by atoms with van der Waals surface area (Å²) in [5, 5.41) is 64.1. The third-order valence-electron chi connectivity index (χ3n) is 14.3. The standard InChI is InChI=1S/C54H60N2O11/c1-62-19-6-12-46-49(54-44-27-48(42-25-37(60)14-16-41(42)53(44)66-46)63-20-5-8-32-28-55-30-56-50(32)47(67-54)17-18-57)45-29-64-52-34(24-39(26-43(52)51(45)61)65-38-10-2-3-11-38)21-33-23-36(59)13-15-40(33)31-7-4-9-35(58)22-31/h4,7,9,13-16,22-27,32,38,45-47,49-51,54-61H,2-3,6,10-12,17-21,28-30H2,1H3/t32-,45-,46+,47+,49-,50+,51-,54+/m1/s1. The van der Waals surface area contributed by atoms with Crippen molar-refractivity contribution < 1.29 is 54.0 Å². The van der Waals surface area contributed by atoms with E-state index in [1.807, 2.05) is 36.4 Å². The predicted octanol–water partition coefficient (Wildman–Crippen LogP) is 7.42. The molecule has 1 saturated heterocycles. The summed E-state index contributed by atoms with van der Waals surface area (Å²) in [5.41, 5.74) is 4.58. The van der Waals surface area contributed by atoms with Crippen LogP contribution in [0, 0.1) is 29.6 Å². The lowest BCUT2D eigenvalue weighted by atomic mass is 9.72. The Hall–Kier alpha value is -5.72. The molecule has 5 aromatic rings. The maximum Gasteiger partial charge on any atom is 0.149 e. The fourth-order valence-corrected chi connectivity index (χ4v) is 11.2.